The van der Waals surface area contributed by atoms with E-state index in [2.05, 4.69) is 41.5 Å². The van der Waals surface area contributed by atoms with E-state index in [0.717, 1.165) is 102 Å². The lowest BCUT2D eigenvalue weighted by atomic mass is 10.0. The summed E-state index contributed by atoms with van der Waals surface area (Å²) in [4.78, 5) is 73.0. The number of aliphatic hydroxyl groups excluding tert-OH is 1. The van der Waals surface area contributed by atoms with Crippen molar-refractivity contribution < 1.29 is 80.2 Å². The number of ether oxygens (including phenoxy) is 4. The summed E-state index contributed by atoms with van der Waals surface area (Å²) >= 11 is 0. The van der Waals surface area contributed by atoms with Crippen LogP contribution in [0.5, 0.6) is 0 Å². The predicted octanol–water partition coefficient (Wildman–Crippen LogP) is 24.3. The van der Waals surface area contributed by atoms with Gasteiger partial charge in [0.05, 0.1) is 26.4 Å². The Bertz CT molecular complexity index is 1920. The van der Waals surface area contributed by atoms with E-state index in [-0.39, 0.29) is 25.7 Å². The standard InChI is InChI=1S/C81H158O17P2/c1-7-9-11-13-15-17-19-21-22-23-24-25-26-27-28-29-35-41-47-53-59-65-80(85)97-76(69-92-79(84)64-58-52-46-40-34-31-30-32-37-43-49-55-61-73(3)4)71-95-99(87,88)93-67-75(82)68-94-100(89,90)96-72-77(98-81(86)66-60-54-48-42-36-38-44-50-56-62-74(5)6)70-91-78(83)63-57-51-45-39-33-20-18-16-14-12-10-8-2/h73-77,82H,7-72H2,1-6H3,(H,87,88)(H,89,90)/t75-,76-,77-/m1/s1. The Morgan fingerprint density at radius 3 is 0.680 bits per heavy atom. The summed E-state index contributed by atoms with van der Waals surface area (Å²) in [6.07, 6.45) is 62.5. The molecule has 0 aromatic heterocycles. The Hall–Kier alpha value is -1.94. The molecule has 0 aliphatic carbocycles. The third kappa shape index (κ3) is 74.3. The maximum Gasteiger partial charge on any atom is 0.472 e. The van der Waals surface area contributed by atoms with Gasteiger partial charge in [0.15, 0.2) is 12.2 Å². The molecule has 0 aliphatic rings. The topological polar surface area (TPSA) is 237 Å². The summed E-state index contributed by atoms with van der Waals surface area (Å²) in [5, 5.41) is 10.6. The van der Waals surface area contributed by atoms with Crippen LogP contribution in [0.2, 0.25) is 0 Å². The minimum absolute atomic E-state index is 0.106. The van der Waals surface area contributed by atoms with Crippen LogP contribution >= 0.6 is 15.6 Å². The Labute approximate surface area is 613 Å². The molecule has 100 heavy (non-hydrogen) atoms. The number of carbonyl (C=O) groups excluding carboxylic acids is 4. The zero-order valence-corrected chi connectivity index (χ0v) is 67.3. The lowest BCUT2D eigenvalue weighted by Gasteiger charge is -2.21. The van der Waals surface area contributed by atoms with E-state index in [9.17, 15) is 43.2 Å². The van der Waals surface area contributed by atoms with Crippen LogP contribution in [-0.2, 0) is 65.4 Å². The molecule has 5 atom stereocenters. The van der Waals surface area contributed by atoms with E-state index >= 15 is 0 Å². The number of carbonyl (C=O) groups is 4. The third-order valence-electron chi connectivity index (χ3n) is 19.0. The Balaban J connectivity index is 5.23. The number of rotatable bonds is 80. The molecule has 0 saturated heterocycles. The molecule has 0 rings (SSSR count). The molecule has 0 aromatic rings. The number of esters is 4. The fourth-order valence-electron chi connectivity index (χ4n) is 12.5. The van der Waals surface area contributed by atoms with Crippen molar-refractivity contribution in [3.63, 3.8) is 0 Å². The molecule has 0 aliphatic heterocycles. The molecule has 0 heterocycles. The van der Waals surface area contributed by atoms with Crippen LogP contribution < -0.4 is 0 Å². The summed E-state index contributed by atoms with van der Waals surface area (Å²) in [5.74, 6) is -0.591. The van der Waals surface area contributed by atoms with Gasteiger partial charge in [-0.2, -0.15) is 0 Å². The normalized spacial score (nSPS) is 13.9. The molecule has 0 radical (unpaired) electrons. The van der Waals surface area contributed by atoms with Crippen LogP contribution in [0, 0.1) is 11.8 Å². The van der Waals surface area contributed by atoms with Gasteiger partial charge in [0.1, 0.15) is 19.3 Å². The summed E-state index contributed by atoms with van der Waals surface area (Å²) in [6.45, 7) is 9.62. The number of aliphatic hydroxyl groups is 1. The minimum atomic E-state index is -4.96. The van der Waals surface area contributed by atoms with Crippen molar-refractivity contribution in [3.8, 4) is 0 Å². The molecule has 17 nitrogen and oxygen atoms in total. The van der Waals surface area contributed by atoms with Gasteiger partial charge in [-0.25, -0.2) is 9.13 Å². The highest BCUT2D eigenvalue weighted by atomic mass is 31.2. The van der Waals surface area contributed by atoms with Crippen molar-refractivity contribution in [2.24, 2.45) is 11.8 Å². The van der Waals surface area contributed by atoms with E-state index in [0.29, 0.717) is 25.7 Å². The van der Waals surface area contributed by atoms with E-state index in [1.54, 1.807) is 0 Å². The maximum atomic E-state index is 13.1. The molecule has 0 fully saturated rings. The van der Waals surface area contributed by atoms with Crippen LogP contribution in [-0.4, -0.2) is 96.7 Å². The van der Waals surface area contributed by atoms with Gasteiger partial charge >= 0.3 is 39.5 Å². The van der Waals surface area contributed by atoms with E-state index < -0.39 is 97.5 Å². The second-order valence-corrected chi connectivity index (χ2v) is 33.0. The van der Waals surface area contributed by atoms with E-state index in [4.69, 9.17) is 37.0 Å². The van der Waals surface area contributed by atoms with Gasteiger partial charge in [-0.1, -0.05) is 375 Å². The van der Waals surface area contributed by atoms with Gasteiger partial charge in [-0.3, -0.25) is 37.3 Å². The van der Waals surface area contributed by atoms with Crippen LogP contribution in [0.1, 0.15) is 427 Å². The second kappa shape index (κ2) is 72.6. The summed E-state index contributed by atoms with van der Waals surface area (Å²) in [5.41, 5.74) is 0. The first-order valence-electron chi connectivity index (χ1n) is 42.0. The van der Waals surface area contributed by atoms with E-state index in [1.807, 2.05) is 0 Å². The van der Waals surface area contributed by atoms with Crippen LogP contribution in [0.25, 0.3) is 0 Å². The van der Waals surface area contributed by atoms with Crippen molar-refractivity contribution in [3.05, 3.63) is 0 Å². The van der Waals surface area contributed by atoms with Crippen molar-refractivity contribution in [1.82, 2.24) is 0 Å². The van der Waals surface area contributed by atoms with Gasteiger partial charge in [-0.05, 0) is 37.5 Å². The Kier molecular flexibility index (Phi) is 71.2. The first-order chi connectivity index (χ1) is 48.4. The minimum Gasteiger partial charge on any atom is -0.462 e. The maximum absolute atomic E-state index is 13.1. The molecular formula is C81H158O17P2. The van der Waals surface area contributed by atoms with Crippen molar-refractivity contribution in [2.75, 3.05) is 39.6 Å². The van der Waals surface area contributed by atoms with Gasteiger partial charge < -0.3 is 33.8 Å². The highest BCUT2D eigenvalue weighted by molar-refractivity contribution is 7.47. The SMILES string of the molecule is CCCCCCCCCCCCCCCCCCCCCCCC(=O)O[C@H](COC(=O)CCCCCCCCCCCCCCC(C)C)COP(=O)(O)OC[C@@H](O)COP(=O)(O)OC[C@@H](COC(=O)CCCCCCCCCCCCCC)OC(=O)CCCCCCCCCCCC(C)C. The Morgan fingerprint density at radius 1 is 0.270 bits per heavy atom. The molecule has 0 spiro atoms. The Morgan fingerprint density at radius 2 is 0.460 bits per heavy atom. The molecule has 2 unspecified atom stereocenters. The monoisotopic (exact) mass is 1470 g/mol. The van der Waals surface area contributed by atoms with Gasteiger partial charge in [0, 0.05) is 25.7 Å². The molecule has 594 valence electrons. The van der Waals surface area contributed by atoms with Crippen molar-refractivity contribution in [2.45, 2.75) is 445 Å². The second-order valence-electron chi connectivity index (χ2n) is 30.1. The molecule has 19 heteroatoms. The van der Waals surface area contributed by atoms with E-state index in [1.165, 1.54) is 244 Å². The lowest BCUT2D eigenvalue weighted by Crippen LogP contribution is -2.30. The summed E-state index contributed by atoms with van der Waals surface area (Å²) in [7, 11) is -9.92. The fraction of sp³-hybridized carbons (Fsp3) is 0.951. The summed E-state index contributed by atoms with van der Waals surface area (Å²) < 4.78 is 68.7. The van der Waals surface area contributed by atoms with Crippen LogP contribution in [0.4, 0.5) is 0 Å². The van der Waals surface area contributed by atoms with Crippen molar-refractivity contribution >= 4 is 39.5 Å². The highest BCUT2D eigenvalue weighted by Crippen LogP contribution is 2.45. The number of unbranched alkanes of at least 4 members (excludes halogenated alkanes) is 50. The predicted molar refractivity (Wildman–Crippen MR) is 409 cm³/mol. The third-order valence-corrected chi connectivity index (χ3v) is 20.9. The molecule has 0 amide bonds. The van der Waals surface area contributed by atoms with Gasteiger partial charge in [0.25, 0.3) is 0 Å². The lowest BCUT2D eigenvalue weighted by molar-refractivity contribution is -0.161. The average molecular weight is 1470 g/mol. The number of hydrogen-bond donors (Lipinski definition) is 3. The van der Waals surface area contributed by atoms with Gasteiger partial charge in [0.2, 0.25) is 0 Å². The quantitative estimate of drug-likeness (QED) is 0.0222. The largest absolute Gasteiger partial charge is 0.472 e. The first-order valence-corrected chi connectivity index (χ1v) is 45.0. The smallest absolute Gasteiger partial charge is 0.462 e. The van der Waals surface area contributed by atoms with Crippen LogP contribution in [0.15, 0.2) is 0 Å². The first kappa shape index (κ1) is 98.1. The summed E-state index contributed by atoms with van der Waals surface area (Å²) in [6, 6.07) is 0. The number of phosphoric ester groups is 2. The van der Waals surface area contributed by atoms with Crippen LogP contribution in [0.3, 0.4) is 0 Å². The molecule has 3 N–H and O–H groups in total. The zero-order chi connectivity index (χ0) is 73.5. The van der Waals surface area contributed by atoms with Crippen molar-refractivity contribution in [1.29, 1.82) is 0 Å². The highest BCUT2D eigenvalue weighted by Gasteiger charge is 2.30. The zero-order valence-electron chi connectivity index (χ0n) is 65.5. The molecule has 0 bridgehead atoms. The molecule has 0 saturated carbocycles. The average Bonchev–Trinajstić information content (AvgIpc) is 1.15. The fourth-order valence-corrected chi connectivity index (χ4v) is 14.1. The molecular weight excluding hydrogens is 1310 g/mol. The van der Waals surface area contributed by atoms with Gasteiger partial charge in [-0.15, -0.1) is 0 Å². The number of hydrogen-bond acceptors (Lipinski definition) is 15. The number of phosphoric acid groups is 2. The molecule has 0 aromatic carbocycles.